The van der Waals surface area contributed by atoms with E-state index in [1.54, 1.807) is 4.90 Å². The van der Waals surface area contributed by atoms with Crippen LogP contribution < -0.4 is 4.74 Å². The van der Waals surface area contributed by atoms with Gasteiger partial charge in [0.15, 0.2) is 0 Å². The van der Waals surface area contributed by atoms with Crippen LogP contribution in [0.25, 0.3) is 0 Å². The summed E-state index contributed by atoms with van der Waals surface area (Å²) < 4.78 is 12.1. The van der Waals surface area contributed by atoms with Gasteiger partial charge in [-0.15, -0.1) is 0 Å². The summed E-state index contributed by atoms with van der Waals surface area (Å²) >= 11 is 0. The number of urea groups is 1. The average Bonchev–Trinajstić information content (AvgIpc) is 3.09. The highest BCUT2D eigenvalue weighted by atomic mass is 16.6. The number of carbonyl (C=O) groups excluding carboxylic acids is 2. The standard InChI is InChI=1S/C30H42N2O4/c1-20(2)31(21(3)4)29(34)32-26(28(33)36-30(6,7)8)22(5)25(19-35-24-17-13-10-14-18-24)27(32)23-15-11-9-12-16-23/h9-18,20-22,25-27H,19H2,1-8H3/t22-,25-,26-,27+/m0/s1. The van der Waals surface area contributed by atoms with Gasteiger partial charge in [0.1, 0.15) is 17.4 Å². The monoisotopic (exact) mass is 494 g/mol. The number of ether oxygens (including phenoxy) is 2. The minimum Gasteiger partial charge on any atom is -0.493 e. The molecule has 2 aromatic carbocycles. The van der Waals surface area contributed by atoms with Crippen molar-refractivity contribution in [1.29, 1.82) is 0 Å². The first-order valence-corrected chi connectivity index (χ1v) is 13.0. The summed E-state index contributed by atoms with van der Waals surface area (Å²) in [6.45, 7) is 16.0. The van der Waals surface area contributed by atoms with E-state index in [4.69, 9.17) is 9.47 Å². The maximum Gasteiger partial charge on any atom is 0.329 e. The van der Waals surface area contributed by atoms with Crippen LogP contribution in [0.3, 0.4) is 0 Å². The van der Waals surface area contributed by atoms with Crippen LogP contribution in [0.15, 0.2) is 60.7 Å². The Labute approximate surface area is 216 Å². The van der Waals surface area contributed by atoms with Gasteiger partial charge in [0.05, 0.1) is 12.6 Å². The van der Waals surface area contributed by atoms with Gasteiger partial charge in [-0.2, -0.15) is 0 Å². The zero-order chi connectivity index (χ0) is 26.6. The molecule has 3 rings (SSSR count). The molecule has 1 aliphatic rings. The molecule has 0 N–H and O–H groups in total. The predicted molar refractivity (Wildman–Crippen MR) is 143 cm³/mol. The molecule has 0 bridgehead atoms. The molecule has 6 nitrogen and oxygen atoms in total. The van der Waals surface area contributed by atoms with Gasteiger partial charge in [0.2, 0.25) is 0 Å². The minimum absolute atomic E-state index is 0.0249. The number of hydrogen-bond donors (Lipinski definition) is 0. The number of carbonyl (C=O) groups is 2. The summed E-state index contributed by atoms with van der Waals surface area (Å²) in [6, 6.07) is 18.4. The van der Waals surface area contributed by atoms with Gasteiger partial charge in [-0.05, 0) is 72.1 Å². The van der Waals surface area contributed by atoms with Crippen LogP contribution in [0.1, 0.15) is 67.0 Å². The molecule has 0 unspecified atom stereocenters. The van der Waals surface area contributed by atoms with Crippen molar-refractivity contribution in [3.05, 3.63) is 66.2 Å². The lowest BCUT2D eigenvalue weighted by molar-refractivity contribution is -0.161. The third-order valence-corrected chi connectivity index (χ3v) is 6.71. The predicted octanol–water partition coefficient (Wildman–Crippen LogP) is 6.32. The quantitative estimate of drug-likeness (QED) is 0.423. The van der Waals surface area contributed by atoms with Crippen LogP contribution in [0, 0.1) is 11.8 Å². The van der Waals surface area contributed by atoms with E-state index in [0.29, 0.717) is 6.61 Å². The molecule has 1 heterocycles. The average molecular weight is 495 g/mol. The summed E-state index contributed by atoms with van der Waals surface area (Å²) in [5, 5.41) is 0. The van der Waals surface area contributed by atoms with Gasteiger partial charge in [-0.3, -0.25) is 0 Å². The number of benzene rings is 2. The summed E-state index contributed by atoms with van der Waals surface area (Å²) in [7, 11) is 0. The number of amides is 2. The van der Waals surface area contributed by atoms with E-state index in [-0.39, 0.29) is 42.0 Å². The largest absolute Gasteiger partial charge is 0.493 e. The molecule has 0 aromatic heterocycles. The summed E-state index contributed by atoms with van der Waals surface area (Å²) in [5.74, 6) is 0.0918. The number of likely N-dealkylation sites (tertiary alicyclic amines) is 1. The highest BCUT2D eigenvalue weighted by Gasteiger charge is 2.55. The summed E-state index contributed by atoms with van der Waals surface area (Å²) in [4.78, 5) is 31.5. The smallest absolute Gasteiger partial charge is 0.329 e. The molecule has 1 fully saturated rings. The molecule has 1 aliphatic heterocycles. The van der Waals surface area contributed by atoms with E-state index >= 15 is 0 Å². The molecule has 4 atom stereocenters. The topological polar surface area (TPSA) is 59.1 Å². The van der Waals surface area contributed by atoms with E-state index in [0.717, 1.165) is 11.3 Å². The first kappa shape index (κ1) is 27.6. The fourth-order valence-electron chi connectivity index (χ4n) is 5.26. The Kier molecular flexibility index (Phi) is 8.70. The third-order valence-electron chi connectivity index (χ3n) is 6.71. The van der Waals surface area contributed by atoms with E-state index in [2.05, 4.69) is 0 Å². The van der Waals surface area contributed by atoms with Crippen LogP contribution in [-0.2, 0) is 9.53 Å². The third kappa shape index (κ3) is 6.21. The molecule has 0 saturated carbocycles. The van der Waals surface area contributed by atoms with Crippen LogP contribution >= 0.6 is 0 Å². The van der Waals surface area contributed by atoms with Crippen molar-refractivity contribution in [2.75, 3.05) is 6.61 Å². The van der Waals surface area contributed by atoms with Crippen molar-refractivity contribution in [3.63, 3.8) is 0 Å². The van der Waals surface area contributed by atoms with Crippen molar-refractivity contribution in [3.8, 4) is 5.75 Å². The second-order valence-electron chi connectivity index (χ2n) is 11.3. The molecule has 0 radical (unpaired) electrons. The Morgan fingerprint density at radius 3 is 1.94 bits per heavy atom. The number of rotatable bonds is 7. The van der Waals surface area contributed by atoms with Crippen LogP contribution in [0.4, 0.5) is 4.79 Å². The molecule has 2 aromatic rings. The Balaban J connectivity index is 2.10. The summed E-state index contributed by atoms with van der Waals surface area (Å²) in [5.41, 5.74) is 0.320. The van der Waals surface area contributed by atoms with Gasteiger partial charge in [-0.1, -0.05) is 55.5 Å². The molecule has 0 spiro atoms. The fraction of sp³-hybridized carbons (Fsp3) is 0.533. The first-order chi connectivity index (χ1) is 16.9. The Morgan fingerprint density at radius 1 is 0.917 bits per heavy atom. The van der Waals surface area contributed by atoms with E-state index < -0.39 is 11.6 Å². The number of esters is 1. The second kappa shape index (κ2) is 11.4. The Bertz CT molecular complexity index is 993. The highest BCUT2D eigenvalue weighted by Crippen LogP contribution is 2.46. The molecule has 36 heavy (non-hydrogen) atoms. The highest BCUT2D eigenvalue weighted by molar-refractivity contribution is 5.86. The van der Waals surface area contributed by atoms with Gasteiger partial charge >= 0.3 is 12.0 Å². The molecule has 2 amide bonds. The Morgan fingerprint density at radius 2 is 1.44 bits per heavy atom. The summed E-state index contributed by atoms with van der Waals surface area (Å²) in [6.07, 6.45) is 0. The molecular formula is C30H42N2O4. The van der Waals surface area contributed by atoms with Crippen LogP contribution in [0.5, 0.6) is 5.75 Å². The zero-order valence-corrected chi connectivity index (χ0v) is 23.0. The zero-order valence-electron chi connectivity index (χ0n) is 23.0. The molecule has 0 aliphatic carbocycles. The van der Waals surface area contributed by atoms with Gasteiger partial charge in [0.25, 0.3) is 0 Å². The van der Waals surface area contributed by atoms with E-state index in [1.807, 2.05) is 121 Å². The maximum atomic E-state index is 14.3. The lowest BCUT2D eigenvalue weighted by Crippen LogP contribution is -2.54. The van der Waals surface area contributed by atoms with Crippen molar-refractivity contribution in [1.82, 2.24) is 9.80 Å². The van der Waals surface area contributed by atoms with Crippen molar-refractivity contribution >= 4 is 12.0 Å². The maximum absolute atomic E-state index is 14.3. The van der Waals surface area contributed by atoms with Gasteiger partial charge in [-0.25, -0.2) is 9.59 Å². The van der Waals surface area contributed by atoms with Gasteiger partial charge in [0, 0.05) is 18.0 Å². The number of para-hydroxylation sites is 1. The lowest BCUT2D eigenvalue weighted by Gasteiger charge is -2.40. The van der Waals surface area contributed by atoms with Crippen molar-refractivity contribution in [2.24, 2.45) is 11.8 Å². The fourth-order valence-corrected chi connectivity index (χ4v) is 5.26. The second-order valence-corrected chi connectivity index (χ2v) is 11.3. The van der Waals surface area contributed by atoms with Gasteiger partial charge < -0.3 is 19.3 Å². The molecule has 196 valence electrons. The number of hydrogen-bond acceptors (Lipinski definition) is 4. The normalized spacial score (nSPS) is 22.1. The number of nitrogens with zero attached hydrogens (tertiary/aromatic N) is 2. The molecular weight excluding hydrogens is 452 g/mol. The van der Waals surface area contributed by atoms with Crippen molar-refractivity contribution in [2.45, 2.75) is 85.2 Å². The van der Waals surface area contributed by atoms with E-state index in [1.165, 1.54) is 0 Å². The molecule has 1 saturated heterocycles. The van der Waals surface area contributed by atoms with Crippen LogP contribution in [-0.4, -0.2) is 52.1 Å². The van der Waals surface area contributed by atoms with Crippen molar-refractivity contribution < 1.29 is 19.1 Å². The van der Waals surface area contributed by atoms with Crippen LogP contribution in [0.2, 0.25) is 0 Å². The first-order valence-electron chi connectivity index (χ1n) is 13.0. The Hall–Kier alpha value is -3.02. The SMILES string of the molecule is CC(C)N(C(=O)N1[C@H](C(=O)OC(C)(C)C)[C@@H](C)[C@H](COc2ccccc2)[C@H]1c1ccccc1)C(C)C. The van der Waals surface area contributed by atoms with E-state index in [9.17, 15) is 9.59 Å². The lowest BCUT2D eigenvalue weighted by atomic mass is 9.86. The minimum atomic E-state index is -0.730. The molecule has 6 heteroatoms.